The molecule has 0 spiro atoms. The van der Waals surface area contributed by atoms with Crippen molar-refractivity contribution in [3.05, 3.63) is 24.3 Å². The van der Waals surface area contributed by atoms with Gasteiger partial charge in [-0.15, -0.1) is 0 Å². The molecule has 1 heterocycles. The summed E-state index contributed by atoms with van der Waals surface area (Å²) in [6, 6.07) is 7.67. The molecule has 0 bridgehead atoms. The van der Waals surface area contributed by atoms with Gasteiger partial charge >= 0.3 is 0 Å². The van der Waals surface area contributed by atoms with E-state index in [1.807, 2.05) is 31.2 Å². The minimum absolute atomic E-state index is 0.0736. The molecule has 1 saturated heterocycles. The molecular formula is C25H42N2O3. The Morgan fingerprint density at radius 3 is 2.33 bits per heavy atom. The summed E-state index contributed by atoms with van der Waals surface area (Å²) in [5.41, 5.74) is -0.00567. The molecular weight excluding hydrogens is 376 g/mol. The number of nitrogens with zero attached hydrogens (tertiary/aromatic N) is 1. The van der Waals surface area contributed by atoms with Crippen LogP contribution in [0.4, 0.5) is 5.69 Å². The van der Waals surface area contributed by atoms with Gasteiger partial charge in [0.2, 0.25) is 0 Å². The molecule has 0 unspecified atom stereocenters. The van der Waals surface area contributed by atoms with Gasteiger partial charge in [-0.2, -0.15) is 0 Å². The van der Waals surface area contributed by atoms with Crippen molar-refractivity contribution in [1.82, 2.24) is 4.90 Å². The third-order valence-electron chi connectivity index (χ3n) is 5.81. The van der Waals surface area contributed by atoms with E-state index in [0.29, 0.717) is 6.61 Å². The number of benzene rings is 1. The third kappa shape index (κ3) is 8.65. The van der Waals surface area contributed by atoms with Crippen LogP contribution >= 0.6 is 0 Å². The lowest BCUT2D eigenvalue weighted by Gasteiger charge is -2.28. The second-order valence-electron chi connectivity index (χ2n) is 8.62. The number of anilines is 1. The summed E-state index contributed by atoms with van der Waals surface area (Å²) in [5, 5.41) is 3.02. The SMILES string of the molecule is CCCC[C@@](C)(OCCC)C(=O)Nc1ccc(OCCCN2CCCCCC2)cc1. The number of likely N-dealkylation sites (tertiary alicyclic amines) is 1. The first kappa shape index (κ1) is 24.7. The highest BCUT2D eigenvalue weighted by atomic mass is 16.5. The molecule has 0 radical (unpaired) electrons. The number of unbranched alkanes of at least 4 members (excludes halogenated alkanes) is 1. The number of ether oxygens (including phenoxy) is 2. The van der Waals surface area contributed by atoms with Gasteiger partial charge in [-0.25, -0.2) is 0 Å². The minimum atomic E-state index is -0.783. The van der Waals surface area contributed by atoms with E-state index in [4.69, 9.17) is 9.47 Å². The third-order valence-corrected chi connectivity index (χ3v) is 5.81. The number of nitrogens with one attached hydrogen (secondary N) is 1. The van der Waals surface area contributed by atoms with E-state index in [9.17, 15) is 4.79 Å². The first-order valence-electron chi connectivity index (χ1n) is 12.0. The first-order valence-corrected chi connectivity index (χ1v) is 12.0. The van der Waals surface area contributed by atoms with Crippen molar-refractivity contribution in [1.29, 1.82) is 0 Å². The average Bonchev–Trinajstić information content (AvgIpc) is 3.04. The van der Waals surface area contributed by atoms with Crippen molar-refractivity contribution < 1.29 is 14.3 Å². The number of carbonyl (C=O) groups is 1. The van der Waals surface area contributed by atoms with E-state index in [-0.39, 0.29) is 5.91 Å². The highest BCUT2D eigenvalue weighted by Crippen LogP contribution is 2.23. The van der Waals surface area contributed by atoms with Gasteiger partial charge in [0.05, 0.1) is 6.61 Å². The maximum absolute atomic E-state index is 12.8. The van der Waals surface area contributed by atoms with Crippen molar-refractivity contribution in [2.24, 2.45) is 0 Å². The largest absolute Gasteiger partial charge is 0.494 e. The van der Waals surface area contributed by atoms with Crippen LogP contribution in [0.25, 0.3) is 0 Å². The smallest absolute Gasteiger partial charge is 0.256 e. The van der Waals surface area contributed by atoms with Crippen LogP contribution in [0.2, 0.25) is 0 Å². The fourth-order valence-electron chi connectivity index (χ4n) is 3.83. The van der Waals surface area contributed by atoms with E-state index in [1.54, 1.807) is 0 Å². The highest BCUT2D eigenvalue weighted by Gasteiger charge is 2.33. The van der Waals surface area contributed by atoms with Crippen LogP contribution in [-0.2, 0) is 9.53 Å². The number of amides is 1. The molecule has 5 nitrogen and oxygen atoms in total. The number of rotatable bonds is 13. The fourth-order valence-corrected chi connectivity index (χ4v) is 3.83. The second kappa shape index (κ2) is 13.7. The van der Waals surface area contributed by atoms with E-state index < -0.39 is 5.60 Å². The van der Waals surface area contributed by atoms with E-state index in [1.165, 1.54) is 38.8 Å². The molecule has 0 aliphatic carbocycles. The molecule has 1 aliphatic rings. The zero-order valence-electron chi connectivity index (χ0n) is 19.4. The maximum atomic E-state index is 12.8. The molecule has 0 saturated carbocycles. The summed E-state index contributed by atoms with van der Waals surface area (Å²) in [6.07, 6.45) is 10.1. The first-order chi connectivity index (χ1) is 14.6. The van der Waals surface area contributed by atoms with Gasteiger partial charge in [0, 0.05) is 18.8 Å². The number of hydrogen-bond donors (Lipinski definition) is 1. The molecule has 5 heteroatoms. The summed E-state index contributed by atoms with van der Waals surface area (Å²) in [5.74, 6) is 0.773. The molecule has 1 aromatic carbocycles. The lowest BCUT2D eigenvalue weighted by Crippen LogP contribution is -2.43. The quantitative estimate of drug-likeness (QED) is 0.421. The van der Waals surface area contributed by atoms with E-state index in [0.717, 1.165) is 56.7 Å². The van der Waals surface area contributed by atoms with Crippen LogP contribution in [0, 0.1) is 0 Å². The van der Waals surface area contributed by atoms with Crippen LogP contribution in [0.3, 0.4) is 0 Å². The molecule has 2 rings (SSSR count). The Hall–Kier alpha value is -1.59. The Bertz CT molecular complexity index is 587. The number of hydrogen-bond acceptors (Lipinski definition) is 4. The molecule has 1 fully saturated rings. The minimum Gasteiger partial charge on any atom is -0.494 e. The summed E-state index contributed by atoms with van der Waals surface area (Å²) < 4.78 is 11.8. The van der Waals surface area contributed by atoms with Crippen molar-refractivity contribution in [3.8, 4) is 5.75 Å². The molecule has 170 valence electrons. The molecule has 1 atom stereocenters. The van der Waals surface area contributed by atoms with Gasteiger partial charge in [-0.3, -0.25) is 4.79 Å². The Kier molecular flexibility index (Phi) is 11.2. The standard InChI is InChI=1S/C25H42N2O3/c1-4-6-16-25(3,30-20-5-2)24(28)26-22-12-14-23(15-13-22)29-21-11-19-27-17-9-7-8-10-18-27/h12-15H,4-11,16-21H2,1-3H3,(H,26,28)/t25-/m1/s1. The van der Waals surface area contributed by atoms with Crippen molar-refractivity contribution in [2.45, 2.75) is 84.2 Å². The molecule has 0 aromatic heterocycles. The molecule has 1 aromatic rings. The summed E-state index contributed by atoms with van der Waals surface area (Å²) >= 11 is 0. The lowest BCUT2D eigenvalue weighted by atomic mass is 9.97. The topological polar surface area (TPSA) is 50.8 Å². The van der Waals surface area contributed by atoms with Gasteiger partial charge in [-0.1, -0.05) is 39.5 Å². The van der Waals surface area contributed by atoms with Crippen molar-refractivity contribution in [2.75, 3.05) is 38.2 Å². The monoisotopic (exact) mass is 418 g/mol. The fraction of sp³-hybridized carbons (Fsp3) is 0.720. The Morgan fingerprint density at radius 1 is 1.00 bits per heavy atom. The predicted octanol–water partition coefficient (Wildman–Crippen LogP) is 5.65. The van der Waals surface area contributed by atoms with Crippen LogP contribution in [-0.4, -0.2) is 49.3 Å². The number of carbonyl (C=O) groups excluding carboxylic acids is 1. The van der Waals surface area contributed by atoms with Crippen LogP contribution in [0.5, 0.6) is 5.75 Å². The van der Waals surface area contributed by atoms with Crippen LogP contribution < -0.4 is 10.1 Å². The lowest BCUT2D eigenvalue weighted by molar-refractivity contribution is -0.140. The van der Waals surface area contributed by atoms with Crippen molar-refractivity contribution >= 4 is 11.6 Å². The molecule has 1 N–H and O–H groups in total. The molecule has 1 aliphatic heterocycles. The van der Waals surface area contributed by atoms with Gasteiger partial charge in [0.15, 0.2) is 0 Å². The van der Waals surface area contributed by atoms with Gasteiger partial charge in [0.25, 0.3) is 5.91 Å². The Balaban J connectivity index is 1.77. The summed E-state index contributed by atoms with van der Waals surface area (Å²) in [4.78, 5) is 15.4. The normalized spacial score (nSPS) is 17.2. The maximum Gasteiger partial charge on any atom is 0.256 e. The Morgan fingerprint density at radius 2 is 1.70 bits per heavy atom. The summed E-state index contributed by atoms with van der Waals surface area (Å²) in [6.45, 7) is 11.0. The van der Waals surface area contributed by atoms with Crippen LogP contribution in [0.15, 0.2) is 24.3 Å². The Labute approximate surface area is 183 Å². The second-order valence-corrected chi connectivity index (χ2v) is 8.62. The van der Waals surface area contributed by atoms with E-state index >= 15 is 0 Å². The van der Waals surface area contributed by atoms with Gasteiger partial charge < -0.3 is 19.7 Å². The molecule has 1 amide bonds. The van der Waals surface area contributed by atoms with Gasteiger partial charge in [-0.05, 0) is 76.4 Å². The van der Waals surface area contributed by atoms with Crippen LogP contribution in [0.1, 0.15) is 78.6 Å². The summed E-state index contributed by atoms with van der Waals surface area (Å²) in [7, 11) is 0. The van der Waals surface area contributed by atoms with Crippen molar-refractivity contribution in [3.63, 3.8) is 0 Å². The predicted molar refractivity (Wildman–Crippen MR) is 124 cm³/mol. The highest BCUT2D eigenvalue weighted by molar-refractivity contribution is 5.97. The average molecular weight is 419 g/mol. The van der Waals surface area contributed by atoms with E-state index in [2.05, 4.69) is 24.1 Å². The zero-order chi connectivity index (χ0) is 21.7. The molecule has 30 heavy (non-hydrogen) atoms. The van der Waals surface area contributed by atoms with Gasteiger partial charge in [0.1, 0.15) is 11.4 Å². The zero-order valence-corrected chi connectivity index (χ0v) is 19.4.